The van der Waals surface area contributed by atoms with E-state index in [9.17, 15) is 9.59 Å². The Bertz CT molecular complexity index is 1200. The van der Waals surface area contributed by atoms with Crippen LogP contribution in [-0.4, -0.2) is 59.9 Å². The number of piperazine rings is 1. The third-order valence-electron chi connectivity index (χ3n) is 6.12. The van der Waals surface area contributed by atoms with Gasteiger partial charge in [0.15, 0.2) is 0 Å². The van der Waals surface area contributed by atoms with Crippen LogP contribution in [0.5, 0.6) is 5.88 Å². The number of ether oxygens (including phenoxy) is 2. The summed E-state index contributed by atoms with van der Waals surface area (Å²) in [7, 11) is 1.40. The first kappa shape index (κ1) is 24.2. The quantitative estimate of drug-likeness (QED) is 0.382. The van der Waals surface area contributed by atoms with Gasteiger partial charge in [-0.2, -0.15) is 0 Å². The van der Waals surface area contributed by atoms with Crippen LogP contribution in [0, 0.1) is 6.92 Å². The number of pyridine rings is 1. The van der Waals surface area contributed by atoms with Crippen LogP contribution in [0.2, 0.25) is 0 Å². The van der Waals surface area contributed by atoms with Crippen molar-refractivity contribution in [1.29, 1.82) is 0 Å². The summed E-state index contributed by atoms with van der Waals surface area (Å²) in [5, 5.41) is 0. The number of nitrogens with zero attached hydrogens (tertiary/aromatic N) is 3. The maximum absolute atomic E-state index is 13.3. The number of hydrogen-bond donors (Lipinski definition) is 0. The van der Waals surface area contributed by atoms with Crippen molar-refractivity contribution in [2.45, 2.75) is 13.0 Å². The number of methoxy groups -OCH3 is 1. The zero-order valence-corrected chi connectivity index (χ0v) is 20.0. The molecule has 1 saturated heterocycles. The molecule has 1 atom stereocenters. The van der Waals surface area contributed by atoms with Gasteiger partial charge in [-0.15, -0.1) is 0 Å². The van der Waals surface area contributed by atoms with Gasteiger partial charge in [-0.3, -0.25) is 9.69 Å². The van der Waals surface area contributed by atoms with Crippen molar-refractivity contribution in [2.75, 3.05) is 33.3 Å². The van der Waals surface area contributed by atoms with Crippen LogP contribution in [0.4, 0.5) is 0 Å². The van der Waals surface area contributed by atoms with Gasteiger partial charge in [-0.1, -0.05) is 55.1 Å². The minimum atomic E-state index is -0.489. The number of rotatable bonds is 7. The second-order valence-corrected chi connectivity index (χ2v) is 8.40. The number of hydrogen-bond acceptors (Lipinski definition) is 6. The van der Waals surface area contributed by atoms with Crippen molar-refractivity contribution in [3.63, 3.8) is 0 Å². The highest BCUT2D eigenvalue weighted by Crippen LogP contribution is 2.25. The summed E-state index contributed by atoms with van der Waals surface area (Å²) in [6, 6.07) is 20.1. The number of esters is 1. The zero-order valence-electron chi connectivity index (χ0n) is 20.0. The topological polar surface area (TPSA) is 72.0 Å². The molecule has 1 aromatic heterocycles. The normalized spacial score (nSPS) is 14.7. The maximum atomic E-state index is 13.3. The lowest BCUT2D eigenvalue weighted by atomic mass is 10.0. The lowest BCUT2D eigenvalue weighted by molar-refractivity contribution is -0.148. The fourth-order valence-electron chi connectivity index (χ4n) is 4.19. The molecule has 0 aliphatic carbocycles. The SMILES string of the molecule is C=C(Oc1ncccc1C)c1cccc(C(=O)N2CCN(C(C(=O)OC)c3ccccc3)CC2)c1. The molecule has 1 fully saturated rings. The van der Waals surface area contributed by atoms with E-state index < -0.39 is 6.04 Å². The number of amides is 1. The maximum Gasteiger partial charge on any atom is 0.327 e. The van der Waals surface area contributed by atoms with Crippen LogP contribution in [0.1, 0.15) is 33.1 Å². The first-order valence-electron chi connectivity index (χ1n) is 11.5. The molecule has 7 heteroatoms. The van der Waals surface area contributed by atoms with Crippen LogP contribution >= 0.6 is 0 Å². The van der Waals surface area contributed by atoms with Gasteiger partial charge in [-0.05, 0) is 30.7 Å². The van der Waals surface area contributed by atoms with Crippen LogP contribution in [0.25, 0.3) is 5.76 Å². The lowest BCUT2D eigenvalue weighted by Crippen LogP contribution is -2.51. The molecule has 180 valence electrons. The highest BCUT2D eigenvalue weighted by molar-refractivity contribution is 5.95. The molecule has 35 heavy (non-hydrogen) atoms. The number of aromatic nitrogens is 1. The molecule has 2 heterocycles. The Labute approximate surface area is 205 Å². The van der Waals surface area contributed by atoms with Gasteiger partial charge in [0, 0.05) is 49.1 Å². The monoisotopic (exact) mass is 471 g/mol. The smallest absolute Gasteiger partial charge is 0.327 e. The molecule has 3 aromatic rings. The molecule has 1 amide bonds. The zero-order chi connectivity index (χ0) is 24.8. The predicted octanol–water partition coefficient (Wildman–Crippen LogP) is 4.11. The second-order valence-electron chi connectivity index (χ2n) is 8.40. The summed E-state index contributed by atoms with van der Waals surface area (Å²) >= 11 is 0. The highest BCUT2D eigenvalue weighted by Gasteiger charge is 2.32. The van der Waals surface area contributed by atoms with E-state index in [1.54, 1.807) is 18.3 Å². The largest absolute Gasteiger partial charge is 0.468 e. The van der Waals surface area contributed by atoms with Crippen molar-refractivity contribution < 1.29 is 19.1 Å². The van der Waals surface area contributed by atoms with E-state index in [-0.39, 0.29) is 11.9 Å². The number of aryl methyl sites for hydroxylation is 1. The average molecular weight is 472 g/mol. The van der Waals surface area contributed by atoms with Crippen molar-refractivity contribution in [3.05, 3.63) is 102 Å². The molecule has 0 saturated carbocycles. The minimum Gasteiger partial charge on any atom is -0.468 e. The Hall–Kier alpha value is -3.97. The number of carbonyl (C=O) groups excluding carboxylic acids is 2. The van der Waals surface area contributed by atoms with Crippen LogP contribution in [-0.2, 0) is 9.53 Å². The standard InChI is InChI=1S/C28H29N3O4/c1-20-9-8-14-29-26(20)35-21(2)23-12-7-13-24(19-23)27(32)31-17-15-30(16-18-31)25(28(33)34-3)22-10-5-4-6-11-22/h4-14,19,25H,2,15-18H2,1,3H3. The molecule has 0 spiro atoms. The Morgan fingerprint density at radius 3 is 2.34 bits per heavy atom. The Morgan fingerprint density at radius 1 is 0.943 bits per heavy atom. The molecule has 0 bridgehead atoms. The third-order valence-corrected chi connectivity index (χ3v) is 6.12. The van der Waals surface area contributed by atoms with Crippen molar-refractivity contribution in [1.82, 2.24) is 14.8 Å². The van der Waals surface area contributed by atoms with Gasteiger partial charge < -0.3 is 14.4 Å². The fraction of sp³-hybridized carbons (Fsp3) is 0.250. The minimum absolute atomic E-state index is 0.0670. The summed E-state index contributed by atoms with van der Waals surface area (Å²) in [5.41, 5.74) is 3.06. The van der Waals surface area contributed by atoms with Crippen molar-refractivity contribution >= 4 is 17.6 Å². The van der Waals surface area contributed by atoms with Crippen LogP contribution in [0.15, 0.2) is 79.5 Å². The van der Waals surface area contributed by atoms with E-state index in [0.717, 1.165) is 16.7 Å². The molecule has 2 aromatic carbocycles. The van der Waals surface area contributed by atoms with E-state index >= 15 is 0 Å². The summed E-state index contributed by atoms with van der Waals surface area (Å²) in [6.07, 6.45) is 1.66. The van der Waals surface area contributed by atoms with Crippen LogP contribution < -0.4 is 4.74 Å². The first-order chi connectivity index (χ1) is 17.0. The molecule has 1 aliphatic heterocycles. The van der Waals surface area contributed by atoms with E-state index in [4.69, 9.17) is 9.47 Å². The van der Waals surface area contributed by atoms with E-state index in [2.05, 4.69) is 16.5 Å². The molecule has 7 nitrogen and oxygen atoms in total. The molecule has 0 N–H and O–H groups in total. The van der Waals surface area contributed by atoms with E-state index in [1.165, 1.54) is 7.11 Å². The van der Waals surface area contributed by atoms with E-state index in [1.807, 2.05) is 66.4 Å². The van der Waals surface area contributed by atoms with Crippen LogP contribution in [0.3, 0.4) is 0 Å². The van der Waals surface area contributed by atoms with Gasteiger partial charge in [0.2, 0.25) is 5.88 Å². The van der Waals surface area contributed by atoms with Crippen molar-refractivity contribution in [2.24, 2.45) is 0 Å². The fourth-order valence-corrected chi connectivity index (χ4v) is 4.19. The van der Waals surface area contributed by atoms with Gasteiger partial charge >= 0.3 is 5.97 Å². The Balaban J connectivity index is 1.42. The van der Waals surface area contributed by atoms with E-state index in [0.29, 0.717) is 43.4 Å². The number of benzene rings is 2. The average Bonchev–Trinajstić information content (AvgIpc) is 2.90. The summed E-state index contributed by atoms with van der Waals surface area (Å²) in [6.45, 7) is 8.08. The highest BCUT2D eigenvalue weighted by atomic mass is 16.5. The second kappa shape index (κ2) is 11.0. The number of carbonyl (C=O) groups is 2. The molecule has 4 rings (SSSR count). The molecule has 1 unspecified atom stereocenters. The Kier molecular flexibility index (Phi) is 7.57. The van der Waals surface area contributed by atoms with Crippen molar-refractivity contribution in [3.8, 4) is 5.88 Å². The summed E-state index contributed by atoms with van der Waals surface area (Å²) in [5.74, 6) is 0.548. The molecule has 1 aliphatic rings. The third kappa shape index (κ3) is 5.58. The summed E-state index contributed by atoms with van der Waals surface area (Å²) in [4.78, 5) is 33.9. The van der Waals surface area contributed by atoms with Gasteiger partial charge in [0.05, 0.1) is 7.11 Å². The molecular weight excluding hydrogens is 442 g/mol. The van der Waals surface area contributed by atoms with Gasteiger partial charge in [0.1, 0.15) is 11.8 Å². The molecular formula is C28H29N3O4. The first-order valence-corrected chi connectivity index (χ1v) is 11.5. The predicted molar refractivity (Wildman–Crippen MR) is 134 cm³/mol. The lowest BCUT2D eigenvalue weighted by Gasteiger charge is -2.38. The van der Waals surface area contributed by atoms with Gasteiger partial charge in [-0.25, -0.2) is 9.78 Å². The van der Waals surface area contributed by atoms with Gasteiger partial charge in [0.25, 0.3) is 5.91 Å². The summed E-state index contributed by atoms with van der Waals surface area (Å²) < 4.78 is 10.9. The Morgan fingerprint density at radius 2 is 1.66 bits per heavy atom. The molecule has 0 radical (unpaired) electrons.